The maximum atomic E-state index is 13.3. The third-order valence-corrected chi connectivity index (χ3v) is 5.91. The third-order valence-electron chi connectivity index (χ3n) is 4.84. The molecule has 0 spiro atoms. The van der Waals surface area contributed by atoms with E-state index < -0.39 is 17.6 Å². The van der Waals surface area contributed by atoms with Crippen LogP contribution in [0.5, 0.6) is 0 Å². The molecule has 0 radical (unpaired) electrons. The summed E-state index contributed by atoms with van der Waals surface area (Å²) in [6.45, 7) is 8.27. The first kappa shape index (κ1) is 23.7. The summed E-state index contributed by atoms with van der Waals surface area (Å²) >= 11 is 1.18. The molecule has 2 aromatic carbocycles. The van der Waals surface area contributed by atoms with Crippen molar-refractivity contribution in [3.8, 4) is 0 Å². The summed E-state index contributed by atoms with van der Waals surface area (Å²) < 4.78 is 39.4. The maximum absolute atomic E-state index is 13.3. The summed E-state index contributed by atoms with van der Waals surface area (Å²) in [5.74, 6) is -0.740. The van der Waals surface area contributed by atoms with Crippen molar-refractivity contribution in [2.75, 3.05) is 18.0 Å². The number of alkyl halides is 3. The predicted molar refractivity (Wildman–Crippen MR) is 120 cm³/mol. The fourth-order valence-electron chi connectivity index (χ4n) is 3.32. The molecular weight excluding hydrogens is 437 g/mol. The summed E-state index contributed by atoms with van der Waals surface area (Å²) in [5.41, 5.74) is 0.987. The first-order valence-electron chi connectivity index (χ1n) is 10.00. The van der Waals surface area contributed by atoms with Gasteiger partial charge in [-0.1, -0.05) is 48.2 Å². The lowest BCUT2D eigenvalue weighted by molar-refractivity contribution is -0.137. The lowest BCUT2D eigenvalue weighted by Crippen LogP contribution is -2.35. The van der Waals surface area contributed by atoms with Gasteiger partial charge in [0.1, 0.15) is 0 Å². The second kappa shape index (κ2) is 9.65. The Morgan fingerprint density at radius 2 is 1.91 bits per heavy atom. The Kier molecular flexibility index (Phi) is 7.13. The van der Waals surface area contributed by atoms with Gasteiger partial charge in [0.15, 0.2) is 0 Å². The fraction of sp³-hybridized carbons (Fsp3) is 0.250. The van der Waals surface area contributed by atoms with Crippen molar-refractivity contribution in [3.05, 3.63) is 82.8 Å². The van der Waals surface area contributed by atoms with Gasteiger partial charge >= 0.3 is 6.18 Å². The van der Waals surface area contributed by atoms with E-state index in [0.717, 1.165) is 22.6 Å². The highest BCUT2D eigenvalue weighted by Gasteiger charge is 2.32. The number of thioether (sulfide) groups is 1. The SMILES string of the molecule is C=C(C)CN(CC)C(=O)C=C1Sc2ccccc2N(Cc2cccc(C(F)(F)F)c2)C1=O. The van der Waals surface area contributed by atoms with Gasteiger partial charge in [-0.2, -0.15) is 13.2 Å². The number of carbonyl (C=O) groups excluding carboxylic acids is 2. The number of hydrogen-bond donors (Lipinski definition) is 0. The number of benzene rings is 2. The molecule has 0 aliphatic carbocycles. The van der Waals surface area contributed by atoms with Crippen molar-refractivity contribution >= 4 is 29.3 Å². The predicted octanol–water partition coefficient (Wildman–Crippen LogP) is 5.65. The number of likely N-dealkylation sites (N-methyl/N-ethyl adjacent to an activating group) is 1. The molecule has 168 valence electrons. The topological polar surface area (TPSA) is 40.6 Å². The highest BCUT2D eigenvalue weighted by molar-refractivity contribution is 8.04. The Morgan fingerprint density at radius 1 is 1.19 bits per heavy atom. The Morgan fingerprint density at radius 3 is 2.56 bits per heavy atom. The molecule has 0 bridgehead atoms. The van der Waals surface area contributed by atoms with Gasteiger partial charge < -0.3 is 9.80 Å². The van der Waals surface area contributed by atoms with Gasteiger partial charge in [0.2, 0.25) is 5.91 Å². The quantitative estimate of drug-likeness (QED) is 0.413. The maximum Gasteiger partial charge on any atom is 0.416 e. The zero-order valence-corrected chi connectivity index (χ0v) is 18.6. The zero-order chi connectivity index (χ0) is 23.5. The molecule has 0 aromatic heterocycles. The highest BCUT2D eigenvalue weighted by atomic mass is 32.2. The van der Waals surface area contributed by atoms with E-state index in [4.69, 9.17) is 0 Å². The molecule has 8 heteroatoms. The smallest absolute Gasteiger partial charge is 0.335 e. The van der Waals surface area contributed by atoms with Gasteiger partial charge in [-0.05, 0) is 43.7 Å². The number of anilines is 1. The van der Waals surface area contributed by atoms with Crippen molar-refractivity contribution in [3.63, 3.8) is 0 Å². The lowest BCUT2D eigenvalue weighted by Gasteiger charge is -2.31. The molecule has 3 rings (SSSR count). The first-order chi connectivity index (χ1) is 15.1. The number of amides is 2. The Hall–Kier alpha value is -3.00. The number of fused-ring (bicyclic) bond motifs is 1. The van der Waals surface area contributed by atoms with Crippen LogP contribution in [0.15, 0.2) is 76.6 Å². The van der Waals surface area contributed by atoms with E-state index in [1.807, 2.05) is 26.0 Å². The van der Waals surface area contributed by atoms with Gasteiger partial charge in [0.05, 0.1) is 22.7 Å². The standard InChI is InChI=1S/C24H23F3N2O2S/c1-4-28(14-16(2)3)22(30)13-21-23(31)29(19-10-5-6-11-20(19)32-21)15-17-8-7-9-18(12-17)24(25,26)27/h5-13H,2,4,14-15H2,1,3H3. The van der Waals surface area contributed by atoms with Gasteiger partial charge in [-0.25, -0.2) is 0 Å². The van der Waals surface area contributed by atoms with Gasteiger partial charge in [0, 0.05) is 24.1 Å². The number of carbonyl (C=O) groups is 2. The Labute approximate surface area is 189 Å². The van der Waals surface area contributed by atoms with Crippen molar-refractivity contribution in [2.45, 2.75) is 31.5 Å². The van der Waals surface area contributed by atoms with Crippen molar-refractivity contribution in [1.82, 2.24) is 4.90 Å². The molecule has 1 aliphatic rings. The van der Waals surface area contributed by atoms with Crippen LogP contribution in [0.3, 0.4) is 0 Å². The number of para-hydroxylation sites is 1. The number of nitrogens with zero attached hydrogens (tertiary/aromatic N) is 2. The summed E-state index contributed by atoms with van der Waals surface area (Å²) in [7, 11) is 0. The molecule has 32 heavy (non-hydrogen) atoms. The first-order valence-corrected chi connectivity index (χ1v) is 10.8. The molecule has 0 unspecified atom stereocenters. The van der Waals surface area contributed by atoms with Crippen LogP contribution in [0.4, 0.5) is 18.9 Å². The molecule has 4 nitrogen and oxygen atoms in total. The molecule has 0 N–H and O–H groups in total. The molecule has 0 atom stereocenters. The van der Waals surface area contributed by atoms with Crippen LogP contribution in [0.2, 0.25) is 0 Å². The van der Waals surface area contributed by atoms with E-state index >= 15 is 0 Å². The molecule has 2 aromatic rings. The molecule has 1 heterocycles. The van der Waals surface area contributed by atoms with Gasteiger partial charge in [0.25, 0.3) is 5.91 Å². The zero-order valence-electron chi connectivity index (χ0n) is 17.8. The van der Waals surface area contributed by atoms with Crippen LogP contribution >= 0.6 is 11.8 Å². The Bertz CT molecular complexity index is 1080. The van der Waals surface area contributed by atoms with Crippen LogP contribution in [-0.4, -0.2) is 29.8 Å². The number of halogens is 3. The van der Waals surface area contributed by atoms with Gasteiger partial charge in [-0.15, -0.1) is 0 Å². The van der Waals surface area contributed by atoms with E-state index in [1.54, 1.807) is 23.1 Å². The van der Waals surface area contributed by atoms with E-state index in [9.17, 15) is 22.8 Å². The van der Waals surface area contributed by atoms with Crippen LogP contribution in [0.1, 0.15) is 25.0 Å². The third kappa shape index (κ3) is 5.43. The number of hydrogen-bond acceptors (Lipinski definition) is 3. The van der Waals surface area contributed by atoms with Crippen molar-refractivity contribution < 1.29 is 22.8 Å². The summed E-state index contributed by atoms with van der Waals surface area (Å²) in [6, 6.07) is 12.0. The van der Waals surface area contributed by atoms with Crippen LogP contribution in [0.25, 0.3) is 0 Å². The normalized spacial score (nSPS) is 15.0. The molecule has 0 fully saturated rings. The minimum absolute atomic E-state index is 0.0465. The van der Waals surface area contributed by atoms with Crippen LogP contribution in [0, 0.1) is 0 Å². The summed E-state index contributed by atoms with van der Waals surface area (Å²) in [5, 5.41) is 0. The second-order valence-electron chi connectivity index (χ2n) is 7.48. The summed E-state index contributed by atoms with van der Waals surface area (Å²) in [6.07, 6.45) is -3.17. The van der Waals surface area contributed by atoms with E-state index in [2.05, 4.69) is 6.58 Å². The monoisotopic (exact) mass is 460 g/mol. The second-order valence-corrected chi connectivity index (χ2v) is 8.56. The summed E-state index contributed by atoms with van der Waals surface area (Å²) in [4.78, 5) is 30.0. The molecular formula is C24H23F3N2O2S. The van der Waals surface area contributed by atoms with Crippen molar-refractivity contribution in [1.29, 1.82) is 0 Å². The molecule has 0 saturated carbocycles. The lowest BCUT2D eigenvalue weighted by atomic mass is 10.1. The minimum Gasteiger partial charge on any atom is -0.335 e. The average Bonchev–Trinajstić information content (AvgIpc) is 2.74. The van der Waals surface area contributed by atoms with E-state index in [1.165, 1.54) is 28.8 Å². The largest absolute Gasteiger partial charge is 0.416 e. The number of rotatable bonds is 6. The van der Waals surface area contributed by atoms with E-state index in [-0.39, 0.29) is 17.4 Å². The Balaban J connectivity index is 1.95. The average molecular weight is 461 g/mol. The molecule has 1 aliphatic heterocycles. The van der Waals surface area contributed by atoms with Gasteiger partial charge in [-0.3, -0.25) is 9.59 Å². The van der Waals surface area contributed by atoms with Crippen molar-refractivity contribution in [2.24, 2.45) is 0 Å². The molecule has 0 saturated heterocycles. The minimum atomic E-state index is -4.47. The molecule has 2 amide bonds. The van der Waals surface area contributed by atoms with E-state index in [0.29, 0.717) is 24.3 Å². The van der Waals surface area contributed by atoms with Crippen LogP contribution < -0.4 is 4.90 Å². The highest BCUT2D eigenvalue weighted by Crippen LogP contribution is 2.42. The van der Waals surface area contributed by atoms with Crippen LogP contribution in [-0.2, 0) is 22.3 Å². The fourth-order valence-corrected chi connectivity index (χ4v) is 4.35.